The van der Waals surface area contributed by atoms with Crippen molar-refractivity contribution in [1.29, 1.82) is 0 Å². The number of methoxy groups -OCH3 is 1. The number of hydrogen-bond acceptors (Lipinski definition) is 5. The third-order valence-corrected chi connectivity index (χ3v) is 5.81. The Morgan fingerprint density at radius 2 is 1.97 bits per heavy atom. The van der Waals surface area contributed by atoms with Gasteiger partial charge in [-0.05, 0) is 48.7 Å². The predicted octanol–water partition coefficient (Wildman–Crippen LogP) is 4.71. The highest BCUT2D eigenvalue weighted by Crippen LogP contribution is 2.28. The van der Waals surface area contributed by atoms with E-state index < -0.39 is 0 Å². The highest BCUT2D eigenvalue weighted by molar-refractivity contribution is 6.31. The van der Waals surface area contributed by atoms with Crippen LogP contribution in [0.5, 0.6) is 11.5 Å². The molecular weight excluding hydrogens is 416 g/mol. The van der Waals surface area contributed by atoms with E-state index in [9.17, 15) is 4.79 Å². The van der Waals surface area contributed by atoms with E-state index in [0.29, 0.717) is 36.2 Å². The number of benzene rings is 2. The van der Waals surface area contributed by atoms with Crippen molar-refractivity contribution in [3.8, 4) is 11.5 Å². The summed E-state index contributed by atoms with van der Waals surface area (Å²) in [5, 5.41) is 0.715. The SMILES string of the molecule is COc1ccc(OCC(=O)N2CCC[C@@H](c3ncc(Cc4ccccc4Cl)o3)C2)cc1. The fourth-order valence-electron chi connectivity index (χ4n) is 3.74. The summed E-state index contributed by atoms with van der Waals surface area (Å²) in [6.07, 6.45) is 4.19. The molecule has 0 aliphatic carbocycles. The first kappa shape index (κ1) is 21.2. The van der Waals surface area contributed by atoms with Crippen molar-refractivity contribution in [3.63, 3.8) is 0 Å². The van der Waals surface area contributed by atoms with Gasteiger partial charge in [0.25, 0.3) is 5.91 Å². The average Bonchev–Trinajstić information content (AvgIpc) is 3.28. The van der Waals surface area contributed by atoms with Gasteiger partial charge in [0.2, 0.25) is 0 Å². The zero-order valence-electron chi connectivity index (χ0n) is 17.4. The number of hydrogen-bond donors (Lipinski definition) is 0. The number of piperidine rings is 1. The summed E-state index contributed by atoms with van der Waals surface area (Å²) in [6, 6.07) is 14.9. The Morgan fingerprint density at radius 1 is 1.19 bits per heavy atom. The number of rotatable bonds is 7. The van der Waals surface area contributed by atoms with Crippen LogP contribution in [0.4, 0.5) is 0 Å². The van der Waals surface area contributed by atoms with Crippen molar-refractivity contribution in [3.05, 3.63) is 77.0 Å². The van der Waals surface area contributed by atoms with Gasteiger partial charge in [-0.25, -0.2) is 4.98 Å². The lowest BCUT2D eigenvalue weighted by Crippen LogP contribution is -2.41. The third-order valence-electron chi connectivity index (χ3n) is 5.44. The van der Waals surface area contributed by atoms with Gasteiger partial charge in [0.05, 0.1) is 19.2 Å². The van der Waals surface area contributed by atoms with E-state index in [1.807, 2.05) is 29.2 Å². The Kier molecular flexibility index (Phi) is 6.77. The average molecular weight is 441 g/mol. The molecule has 1 amide bonds. The molecule has 0 unspecified atom stereocenters. The Hall–Kier alpha value is -2.99. The lowest BCUT2D eigenvalue weighted by molar-refractivity contribution is -0.134. The number of likely N-dealkylation sites (tertiary alicyclic amines) is 1. The summed E-state index contributed by atoms with van der Waals surface area (Å²) in [6.45, 7) is 1.30. The Balaban J connectivity index is 1.33. The standard InChI is InChI=1S/C24H25ClN2O4/c1-29-19-8-10-20(11-9-19)30-16-23(28)27-12-4-6-18(15-27)24-26-14-21(31-24)13-17-5-2-3-7-22(17)25/h2-3,5,7-11,14,18H,4,6,12-13,15-16H2,1H3/t18-/m1/s1. The monoisotopic (exact) mass is 440 g/mol. The van der Waals surface area contributed by atoms with Crippen LogP contribution in [0.15, 0.2) is 59.1 Å². The largest absolute Gasteiger partial charge is 0.497 e. The number of ether oxygens (including phenoxy) is 2. The zero-order chi connectivity index (χ0) is 21.6. The van der Waals surface area contributed by atoms with Gasteiger partial charge in [-0.1, -0.05) is 29.8 Å². The molecule has 0 N–H and O–H groups in total. The molecule has 0 radical (unpaired) electrons. The van der Waals surface area contributed by atoms with Crippen molar-refractivity contribution in [2.75, 3.05) is 26.8 Å². The fraction of sp³-hybridized carbons (Fsp3) is 0.333. The van der Waals surface area contributed by atoms with Gasteiger partial charge in [0.1, 0.15) is 17.3 Å². The lowest BCUT2D eigenvalue weighted by Gasteiger charge is -2.31. The highest BCUT2D eigenvalue weighted by atomic mass is 35.5. The van der Waals surface area contributed by atoms with E-state index in [0.717, 1.165) is 29.9 Å². The van der Waals surface area contributed by atoms with Crippen LogP contribution in [0.1, 0.15) is 36.0 Å². The third kappa shape index (κ3) is 5.39. The molecule has 162 valence electrons. The number of carbonyl (C=O) groups is 1. The second kappa shape index (κ2) is 9.88. The van der Waals surface area contributed by atoms with E-state index in [-0.39, 0.29) is 18.4 Å². The molecule has 7 heteroatoms. The number of halogens is 1. The molecule has 4 rings (SSSR count). The van der Waals surface area contributed by atoms with Gasteiger partial charge in [-0.3, -0.25) is 4.79 Å². The van der Waals surface area contributed by atoms with Crippen LogP contribution >= 0.6 is 11.6 Å². The Morgan fingerprint density at radius 3 is 2.74 bits per heavy atom. The van der Waals surface area contributed by atoms with E-state index in [1.165, 1.54) is 0 Å². The maximum atomic E-state index is 12.7. The van der Waals surface area contributed by atoms with Crippen LogP contribution in [-0.4, -0.2) is 42.6 Å². The van der Waals surface area contributed by atoms with Crippen LogP contribution in [0.25, 0.3) is 0 Å². The molecule has 31 heavy (non-hydrogen) atoms. The van der Waals surface area contributed by atoms with Crippen LogP contribution < -0.4 is 9.47 Å². The minimum absolute atomic E-state index is 0.00237. The molecule has 3 aromatic rings. The number of carbonyl (C=O) groups excluding carboxylic acids is 1. The number of oxazole rings is 1. The molecule has 6 nitrogen and oxygen atoms in total. The van der Waals surface area contributed by atoms with E-state index in [1.54, 1.807) is 37.6 Å². The molecule has 1 atom stereocenters. The summed E-state index contributed by atoms with van der Waals surface area (Å²) < 4.78 is 16.8. The molecule has 1 saturated heterocycles. The summed E-state index contributed by atoms with van der Waals surface area (Å²) in [5.41, 5.74) is 1.00. The minimum atomic E-state index is -0.0386. The topological polar surface area (TPSA) is 64.8 Å². The van der Waals surface area contributed by atoms with Gasteiger partial charge in [0.15, 0.2) is 12.5 Å². The predicted molar refractivity (Wildman–Crippen MR) is 118 cm³/mol. The molecule has 0 spiro atoms. The van der Waals surface area contributed by atoms with Crippen LogP contribution in [0.2, 0.25) is 5.02 Å². The molecule has 0 saturated carbocycles. The highest BCUT2D eigenvalue weighted by Gasteiger charge is 2.28. The smallest absolute Gasteiger partial charge is 0.260 e. The lowest BCUT2D eigenvalue weighted by atomic mass is 9.98. The van der Waals surface area contributed by atoms with Gasteiger partial charge in [-0.15, -0.1) is 0 Å². The first-order chi connectivity index (χ1) is 15.1. The number of nitrogens with zero attached hydrogens (tertiary/aromatic N) is 2. The van der Waals surface area contributed by atoms with Gasteiger partial charge in [0, 0.05) is 24.5 Å². The first-order valence-corrected chi connectivity index (χ1v) is 10.7. The molecule has 2 heterocycles. The number of aromatic nitrogens is 1. The maximum absolute atomic E-state index is 12.7. The molecule has 1 aromatic heterocycles. The normalized spacial score (nSPS) is 16.2. The van der Waals surface area contributed by atoms with Crippen LogP contribution in [0, 0.1) is 0 Å². The Bertz CT molecular complexity index is 1020. The summed E-state index contributed by atoms with van der Waals surface area (Å²) >= 11 is 6.25. The molecule has 1 aliphatic rings. The van der Waals surface area contributed by atoms with Crippen molar-refractivity contribution >= 4 is 17.5 Å². The molecule has 1 fully saturated rings. The van der Waals surface area contributed by atoms with Gasteiger partial charge >= 0.3 is 0 Å². The quantitative estimate of drug-likeness (QED) is 0.532. The summed E-state index contributed by atoms with van der Waals surface area (Å²) in [7, 11) is 1.61. The van der Waals surface area contributed by atoms with E-state index in [4.69, 9.17) is 25.5 Å². The maximum Gasteiger partial charge on any atom is 0.260 e. The van der Waals surface area contributed by atoms with Gasteiger partial charge < -0.3 is 18.8 Å². The van der Waals surface area contributed by atoms with Crippen molar-refractivity contribution in [1.82, 2.24) is 9.88 Å². The first-order valence-electron chi connectivity index (χ1n) is 10.3. The van der Waals surface area contributed by atoms with Crippen LogP contribution in [-0.2, 0) is 11.2 Å². The molecular formula is C24H25ClN2O4. The molecule has 1 aliphatic heterocycles. The fourth-order valence-corrected chi connectivity index (χ4v) is 3.94. The number of amides is 1. The minimum Gasteiger partial charge on any atom is -0.497 e. The zero-order valence-corrected chi connectivity index (χ0v) is 18.2. The second-order valence-corrected chi connectivity index (χ2v) is 7.98. The van der Waals surface area contributed by atoms with Crippen molar-refractivity contribution in [2.45, 2.75) is 25.2 Å². The Labute approximate surface area is 186 Å². The van der Waals surface area contributed by atoms with E-state index >= 15 is 0 Å². The second-order valence-electron chi connectivity index (χ2n) is 7.58. The van der Waals surface area contributed by atoms with Crippen molar-refractivity contribution < 1.29 is 18.7 Å². The summed E-state index contributed by atoms with van der Waals surface area (Å²) in [4.78, 5) is 19.0. The molecule has 2 aromatic carbocycles. The molecule has 0 bridgehead atoms. The van der Waals surface area contributed by atoms with Crippen molar-refractivity contribution in [2.24, 2.45) is 0 Å². The summed E-state index contributed by atoms with van der Waals surface area (Å²) in [5.74, 6) is 2.88. The van der Waals surface area contributed by atoms with Crippen LogP contribution in [0.3, 0.4) is 0 Å². The van der Waals surface area contributed by atoms with Gasteiger partial charge in [-0.2, -0.15) is 0 Å². The van der Waals surface area contributed by atoms with E-state index in [2.05, 4.69) is 4.98 Å².